The number of nitrogens with one attached hydrogen (secondary N) is 1. The van der Waals surface area contributed by atoms with Crippen LogP contribution in [0.2, 0.25) is 5.02 Å². The van der Waals surface area contributed by atoms with Gasteiger partial charge in [0, 0.05) is 16.7 Å². The van der Waals surface area contributed by atoms with E-state index in [0.717, 1.165) is 24.3 Å². The molecule has 0 bridgehead atoms. The highest BCUT2D eigenvalue weighted by Gasteiger charge is 2.10. The highest BCUT2D eigenvalue weighted by molar-refractivity contribution is 7.99. The van der Waals surface area contributed by atoms with E-state index in [1.807, 2.05) is 36.0 Å². The fourth-order valence-electron chi connectivity index (χ4n) is 2.14. The Kier molecular flexibility index (Phi) is 6.55. The molecule has 2 aromatic carbocycles. The second kappa shape index (κ2) is 8.42. The fourth-order valence-corrected chi connectivity index (χ4v) is 3.24. The van der Waals surface area contributed by atoms with Crippen molar-refractivity contribution in [2.24, 2.45) is 0 Å². The SMILES string of the molecule is CCNC(CSc1ccccc1)Cc1ccc(Cl)c(F)c1. The highest BCUT2D eigenvalue weighted by atomic mass is 35.5. The highest BCUT2D eigenvalue weighted by Crippen LogP contribution is 2.21. The summed E-state index contributed by atoms with van der Waals surface area (Å²) >= 11 is 7.54. The fraction of sp³-hybridized carbons (Fsp3) is 0.294. The smallest absolute Gasteiger partial charge is 0.142 e. The van der Waals surface area contributed by atoms with E-state index in [9.17, 15) is 4.39 Å². The molecule has 0 spiro atoms. The standard InChI is InChI=1S/C17H19ClFNS/c1-2-20-14(12-21-15-6-4-3-5-7-15)10-13-8-9-16(18)17(19)11-13/h3-9,11,14,20H,2,10,12H2,1H3. The van der Waals surface area contributed by atoms with Crippen molar-refractivity contribution >= 4 is 23.4 Å². The van der Waals surface area contributed by atoms with Gasteiger partial charge in [-0.1, -0.05) is 42.8 Å². The van der Waals surface area contributed by atoms with Crippen molar-refractivity contribution in [2.75, 3.05) is 12.3 Å². The van der Waals surface area contributed by atoms with Gasteiger partial charge in [-0.2, -0.15) is 0 Å². The third-order valence-electron chi connectivity index (χ3n) is 3.15. The van der Waals surface area contributed by atoms with Crippen LogP contribution in [0.25, 0.3) is 0 Å². The lowest BCUT2D eigenvalue weighted by atomic mass is 10.1. The lowest BCUT2D eigenvalue weighted by Crippen LogP contribution is -2.33. The molecule has 2 rings (SSSR count). The Morgan fingerprint density at radius 2 is 1.95 bits per heavy atom. The largest absolute Gasteiger partial charge is 0.313 e. The second-order valence-electron chi connectivity index (χ2n) is 4.83. The molecule has 1 nitrogen and oxygen atoms in total. The molecule has 0 saturated carbocycles. The van der Waals surface area contributed by atoms with Gasteiger partial charge >= 0.3 is 0 Å². The van der Waals surface area contributed by atoms with Gasteiger partial charge in [0.1, 0.15) is 5.82 Å². The molecule has 2 aromatic rings. The molecular weight excluding hydrogens is 305 g/mol. The molecule has 0 heterocycles. The molecule has 4 heteroatoms. The van der Waals surface area contributed by atoms with E-state index in [2.05, 4.69) is 24.4 Å². The van der Waals surface area contributed by atoms with Crippen molar-refractivity contribution in [2.45, 2.75) is 24.3 Å². The second-order valence-corrected chi connectivity index (χ2v) is 6.33. The van der Waals surface area contributed by atoms with Gasteiger partial charge in [-0.15, -0.1) is 11.8 Å². The third kappa shape index (κ3) is 5.34. The van der Waals surface area contributed by atoms with E-state index in [1.54, 1.807) is 6.07 Å². The molecule has 1 unspecified atom stereocenters. The van der Waals surface area contributed by atoms with Gasteiger partial charge in [-0.3, -0.25) is 0 Å². The van der Waals surface area contributed by atoms with Crippen LogP contribution in [0.1, 0.15) is 12.5 Å². The van der Waals surface area contributed by atoms with Crippen molar-refractivity contribution in [1.82, 2.24) is 5.32 Å². The van der Waals surface area contributed by atoms with E-state index in [-0.39, 0.29) is 10.8 Å². The maximum Gasteiger partial charge on any atom is 0.142 e. The normalized spacial score (nSPS) is 12.3. The van der Waals surface area contributed by atoms with Crippen LogP contribution in [0.5, 0.6) is 0 Å². The molecule has 0 aliphatic rings. The first kappa shape index (κ1) is 16.3. The van der Waals surface area contributed by atoms with Crippen LogP contribution in [0.15, 0.2) is 53.4 Å². The minimum absolute atomic E-state index is 0.178. The minimum atomic E-state index is -0.347. The number of rotatable bonds is 7. The molecule has 0 fully saturated rings. The van der Waals surface area contributed by atoms with Gasteiger partial charge in [0.15, 0.2) is 0 Å². The van der Waals surface area contributed by atoms with Crippen LogP contribution in [0, 0.1) is 5.82 Å². The Morgan fingerprint density at radius 3 is 2.62 bits per heavy atom. The van der Waals surface area contributed by atoms with E-state index < -0.39 is 0 Å². The van der Waals surface area contributed by atoms with Gasteiger partial charge in [-0.25, -0.2) is 4.39 Å². The van der Waals surface area contributed by atoms with E-state index >= 15 is 0 Å². The van der Waals surface area contributed by atoms with Crippen molar-refractivity contribution < 1.29 is 4.39 Å². The minimum Gasteiger partial charge on any atom is -0.313 e. The van der Waals surface area contributed by atoms with Gasteiger partial charge in [0.05, 0.1) is 5.02 Å². The number of hydrogen-bond acceptors (Lipinski definition) is 2. The molecule has 0 aliphatic heterocycles. The molecule has 0 radical (unpaired) electrons. The van der Waals surface area contributed by atoms with Crippen molar-refractivity contribution in [3.05, 3.63) is 64.9 Å². The number of halogens is 2. The summed E-state index contributed by atoms with van der Waals surface area (Å²) in [5.41, 5.74) is 0.969. The van der Waals surface area contributed by atoms with E-state index in [0.29, 0.717) is 6.04 Å². The summed E-state index contributed by atoms with van der Waals surface area (Å²) in [5.74, 6) is 0.599. The summed E-state index contributed by atoms with van der Waals surface area (Å²) in [7, 11) is 0. The molecule has 1 atom stereocenters. The topological polar surface area (TPSA) is 12.0 Å². The zero-order valence-electron chi connectivity index (χ0n) is 12.0. The Labute approximate surface area is 134 Å². The van der Waals surface area contributed by atoms with E-state index in [1.165, 1.54) is 11.0 Å². The number of benzene rings is 2. The Balaban J connectivity index is 1.96. The van der Waals surface area contributed by atoms with Crippen LogP contribution in [0.4, 0.5) is 4.39 Å². The van der Waals surface area contributed by atoms with Gasteiger partial charge < -0.3 is 5.32 Å². The average molecular weight is 324 g/mol. The summed E-state index contributed by atoms with van der Waals surface area (Å²) in [6.45, 7) is 2.98. The first-order valence-corrected chi connectivity index (χ1v) is 8.40. The summed E-state index contributed by atoms with van der Waals surface area (Å²) in [5, 5.41) is 3.64. The lowest BCUT2D eigenvalue weighted by Gasteiger charge is -2.18. The molecule has 0 saturated heterocycles. The molecule has 0 aromatic heterocycles. The van der Waals surface area contributed by atoms with Crippen LogP contribution in [0.3, 0.4) is 0 Å². The van der Waals surface area contributed by atoms with Crippen molar-refractivity contribution in [1.29, 1.82) is 0 Å². The predicted molar refractivity (Wildman–Crippen MR) is 89.7 cm³/mol. The monoisotopic (exact) mass is 323 g/mol. The first-order valence-electron chi connectivity index (χ1n) is 7.04. The molecule has 21 heavy (non-hydrogen) atoms. The van der Waals surface area contributed by atoms with Crippen molar-refractivity contribution in [3.8, 4) is 0 Å². The summed E-state index contributed by atoms with van der Waals surface area (Å²) in [6, 6.07) is 15.7. The maximum absolute atomic E-state index is 13.5. The zero-order chi connectivity index (χ0) is 15.1. The Morgan fingerprint density at radius 1 is 1.19 bits per heavy atom. The average Bonchev–Trinajstić information content (AvgIpc) is 2.50. The van der Waals surface area contributed by atoms with E-state index in [4.69, 9.17) is 11.6 Å². The number of hydrogen-bond donors (Lipinski definition) is 1. The summed E-state index contributed by atoms with van der Waals surface area (Å²) in [4.78, 5) is 1.25. The summed E-state index contributed by atoms with van der Waals surface area (Å²) in [6.07, 6.45) is 0.793. The van der Waals surface area contributed by atoms with Crippen LogP contribution >= 0.6 is 23.4 Å². The number of thioether (sulfide) groups is 1. The van der Waals surface area contributed by atoms with Gasteiger partial charge in [-0.05, 0) is 42.8 Å². The lowest BCUT2D eigenvalue weighted by molar-refractivity contribution is 0.568. The molecular formula is C17H19ClFNS. The molecule has 1 N–H and O–H groups in total. The summed E-state index contributed by atoms with van der Waals surface area (Å²) < 4.78 is 13.5. The maximum atomic E-state index is 13.5. The van der Waals surface area contributed by atoms with Gasteiger partial charge in [0.25, 0.3) is 0 Å². The Hall–Kier alpha value is -1.03. The molecule has 0 aliphatic carbocycles. The molecule has 0 amide bonds. The third-order valence-corrected chi connectivity index (χ3v) is 4.63. The van der Waals surface area contributed by atoms with Crippen LogP contribution in [-0.4, -0.2) is 18.3 Å². The number of likely N-dealkylation sites (N-methyl/N-ethyl adjacent to an activating group) is 1. The van der Waals surface area contributed by atoms with Gasteiger partial charge in [0.2, 0.25) is 0 Å². The first-order chi connectivity index (χ1) is 10.2. The quantitative estimate of drug-likeness (QED) is 0.735. The Bertz CT molecular complexity index is 562. The van der Waals surface area contributed by atoms with Crippen LogP contribution < -0.4 is 5.32 Å². The van der Waals surface area contributed by atoms with Crippen LogP contribution in [-0.2, 0) is 6.42 Å². The molecule has 112 valence electrons. The predicted octanol–water partition coefficient (Wildman–Crippen LogP) is 4.79. The zero-order valence-corrected chi connectivity index (χ0v) is 13.6. The van der Waals surface area contributed by atoms with Crippen molar-refractivity contribution in [3.63, 3.8) is 0 Å².